The summed E-state index contributed by atoms with van der Waals surface area (Å²) in [6.07, 6.45) is 2.19. The number of nitrogens with zero attached hydrogens (tertiary/aromatic N) is 2. The molecule has 0 radical (unpaired) electrons. The fourth-order valence-corrected chi connectivity index (χ4v) is 3.25. The fraction of sp³-hybridized carbons (Fsp3) is 0.300. The Balaban J connectivity index is 1.54. The minimum absolute atomic E-state index is 0.0456. The lowest BCUT2D eigenvalue weighted by molar-refractivity contribution is 0.178. The minimum atomic E-state index is -0.315. The summed E-state index contributed by atoms with van der Waals surface area (Å²) in [4.78, 5) is 21.3. The largest absolute Gasteiger partial charge is 0.491 e. The van der Waals surface area contributed by atoms with Crippen molar-refractivity contribution in [3.8, 4) is 5.75 Å². The van der Waals surface area contributed by atoms with Crippen LogP contribution in [-0.4, -0.2) is 34.8 Å². The molecule has 3 aromatic rings. The standard InChI is InChI=1S/C20H21N3O3/c1-13(2)26-17-6-3-14(4-7-17)9-16-11-25-20(24)23(16)15-5-8-18-19(10-15)22-12-21-18/h3-8,10,12-13,16H,9,11H2,1-2H3,(H,21,22). The summed E-state index contributed by atoms with van der Waals surface area (Å²) in [5, 5.41) is 0. The predicted octanol–water partition coefficient (Wildman–Crippen LogP) is 3.92. The van der Waals surface area contributed by atoms with Gasteiger partial charge in [-0.25, -0.2) is 9.78 Å². The number of imidazole rings is 1. The Kier molecular flexibility index (Phi) is 4.24. The number of carbonyl (C=O) groups excluding carboxylic acids is 1. The number of hydrogen-bond acceptors (Lipinski definition) is 4. The van der Waals surface area contributed by atoms with E-state index in [1.54, 1.807) is 11.2 Å². The molecule has 26 heavy (non-hydrogen) atoms. The molecule has 1 N–H and O–H groups in total. The zero-order chi connectivity index (χ0) is 18.1. The third-order valence-corrected chi connectivity index (χ3v) is 4.41. The average Bonchev–Trinajstić information content (AvgIpc) is 3.22. The monoisotopic (exact) mass is 351 g/mol. The van der Waals surface area contributed by atoms with Crippen LogP contribution in [0.15, 0.2) is 48.8 Å². The van der Waals surface area contributed by atoms with E-state index in [0.29, 0.717) is 13.0 Å². The van der Waals surface area contributed by atoms with Crippen LogP contribution in [0, 0.1) is 0 Å². The number of aromatic amines is 1. The summed E-state index contributed by atoms with van der Waals surface area (Å²) >= 11 is 0. The summed E-state index contributed by atoms with van der Waals surface area (Å²) in [7, 11) is 0. The second-order valence-electron chi connectivity index (χ2n) is 6.72. The summed E-state index contributed by atoms with van der Waals surface area (Å²) < 4.78 is 11.0. The van der Waals surface area contributed by atoms with Gasteiger partial charge in [0.1, 0.15) is 12.4 Å². The van der Waals surface area contributed by atoms with Crippen LogP contribution in [0.25, 0.3) is 11.0 Å². The van der Waals surface area contributed by atoms with Crippen LogP contribution in [0.3, 0.4) is 0 Å². The molecule has 134 valence electrons. The van der Waals surface area contributed by atoms with Gasteiger partial charge in [-0.3, -0.25) is 4.90 Å². The van der Waals surface area contributed by atoms with Gasteiger partial charge in [-0.15, -0.1) is 0 Å². The first-order valence-electron chi connectivity index (χ1n) is 8.75. The number of aromatic nitrogens is 2. The highest BCUT2D eigenvalue weighted by Gasteiger charge is 2.34. The van der Waals surface area contributed by atoms with Crippen LogP contribution >= 0.6 is 0 Å². The molecule has 1 aliphatic rings. The number of cyclic esters (lactones) is 1. The maximum Gasteiger partial charge on any atom is 0.414 e. The molecule has 6 nitrogen and oxygen atoms in total. The molecule has 1 aromatic heterocycles. The van der Waals surface area contributed by atoms with Crippen molar-refractivity contribution in [3.63, 3.8) is 0 Å². The number of carbonyl (C=O) groups is 1. The maximum atomic E-state index is 12.3. The normalized spacial score (nSPS) is 17.1. The van der Waals surface area contributed by atoms with E-state index in [4.69, 9.17) is 9.47 Å². The van der Waals surface area contributed by atoms with Crippen LogP contribution in [0.4, 0.5) is 10.5 Å². The van der Waals surface area contributed by atoms with Crippen molar-refractivity contribution in [1.29, 1.82) is 0 Å². The van der Waals surface area contributed by atoms with E-state index in [2.05, 4.69) is 9.97 Å². The topological polar surface area (TPSA) is 67.5 Å². The highest BCUT2D eigenvalue weighted by molar-refractivity contribution is 5.93. The van der Waals surface area contributed by atoms with Crippen molar-refractivity contribution in [2.24, 2.45) is 0 Å². The first-order chi connectivity index (χ1) is 12.6. The quantitative estimate of drug-likeness (QED) is 0.756. The van der Waals surface area contributed by atoms with Gasteiger partial charge in [-0.1, -0.05) is 12.1 Å². The number of benzene rings is 2. The highest BCUT2D eigenvalue weighted by atomic mass is 16.6. The third kappa shape index (κ3) is 3.22. The summed E-state index contributed by atoms with van der Waals surface area (Å²) in [6.45, 7) is 4.38. The Morgan fingerprint density at radius 2 is 2.08 bits per heavy atom. The molecule has 2 heterocycles. The SMILES string of the molecule is CC(C)Oc1ccc(CC2COC(=O)N2c2ccc3[nH]cnc3c2)cc1. The summed E-state index contributed by atoms with van der Waals surface area (Å²) in [5.74, 6) is 0.850. The second-order valence-corrected chi connectivity index (χ2v) is 6.72. The second kappa shape index (κ2) is 6.71. The van der Waals surface area contributed by atoms with Gasteiger partial charge in [0.2, 0.25) is 0 Å². The number of nitrogens with one attached hydrogen (secondary N) is 1. The first-order valence-corrected chi connectivity index (χ1v) is 8.75. The van der Waals surface area contributed by atoms with E-state index in [1.165, 1.54) is 0 Å². The average molecular weight is 351 g/mol. The van der Waals surface area contributed by atoms with Gasteiger partial charge in [0, 0.05) is 5.69 Å². The van der Waals surface area contributed by atoms with Crippen molar-refractivity contribution in [2.45, 2.75) is 32.4 Å². The van der Waals surface area contributed by atoms with Crippen molar-refractivity contribution < 1.29 is 14.3 Å². The Labute approximate surface area is 151 Å². The Bertz CT molecular complexity index is 917. The predicted molar refractivity (Wildman–Crippen MR) is 99.6 cm³/mol. The number of hydrogen-bond donors (Lipinski definition) is 1. The molecular weight excluding hydrogens is 330 g/mol. The van der Waals surface area contributed by atoms with Gasteiger partial charge in [0.05, 0.1) is 29.5 Å². The molecule has 1 unspecified atom stereocenters. The zero-order valence-electron chi connectivity index (χ0n) is 14.8. The van der Waals surface area contributed by atoms with Gasteiger partial charge >= 0.3 is 6.09 Å². The Morgan fingerprint density at radius 3 is 2.85 bits per heavy atom. The molecule has 1 aliphatic heterocycles. The first kappa shape index (κ1) is 16.4. The van der Waals surface area contributed by atoms with Gasteiger partial charge in [0.25, 0.3) is 0 Å². The van der Waals surface area contributed by atoms with Crippen LogP contribution in [0.1, 0.15) is 19.4 Å². The Hall–Kier alpha value is -3.02. The molecule has 1 fully saturated rings. The highest BCUT2D eigenvalue weighted by Crippen LogP contribution is 2.28. The number of anilines is 1. The summed E-state index contributed by atoms with van der Waals surface area (Å²) in [6, 6.07) is 13.7. The molecule has 1 amide bonds. The third-order valence-electron chi connectivity index (χ3n) is 4.41. The van der Waals surface area contributed by atoms with Crippen LogP contribution < -0.4 is 9.64 Å². The van der Waals surface area contributed by atoms with E-state index in [9.17, 15) is 4.79 Å². The molecule has 0 saturated carbocycles. The molecule has 1 saturated heterocycles. The van der Waals surface area contributed by atoms with Gasteiger partial charge in [0.15, 0.2) is 0 Å². The number of rotatable bonds is 5. The molecule has 0 aliphatic carbocycles. The number of fused-ring (bicyclic) bond motifs is 1. The number of amides is 1. The van der Waals surface area contributed by atoms with Gasteiger partial charge in [-0.05, 0) is 56.2 Å². The lowest BCUT2D eigenvalue weighted by Gasteiger charge is -2.21. The molecule has 0 spiro atoms. The van der Waals surface area contributed by atoms with Crippen LogP contribution in [0.5, 0.6) is 5.75 Å². The fourth-order valence-electron chi connectivity index (χ4n) is 3.25. The van der Waals surface area contributed by atoms with Crippen molar-refractivity contribution >= 4 is 22.8 Å². The zero-order valence-corrected chi connectivity index (χ0v) is 14.8. The van der Waals surface area contributed by atoms with E-state index in [1.807, 2.05) is 56.3 Å². The number of ether oxygens (including phenoxy) is 2. The Morgan fingerprint density at radius 1 is 1.27 bits per heavy atom. The van der Waals surface area contributed by atoms with E-state index in [0.717, 1.165) is 28.0 Å². The smallest absolute Gasteiger partial charge is 0.414 e. The van der Waals surface area contributed by atoms with Crippen molar-refractivity contribution in [3.05, 3.63) is 54.4 Å². The maximum absolute atomic E-state index is 12.3. The summed E-state index contributed by atoms with van der Waals surface area (Å²) in [5.41, 5.74) is 3.71. The van der Waals surface area contributed by atoms with E-state index in [-0.39, 0.29) is 18.2 Å². The van der Waals surface area contributed by atoms with Crippen LogP contribution in [-0.2, 0) is 11.2 Å². The van der Waals surface area contributed by atoms with Gasteiger partial charge in [-0.2, -0.15) is 0 Å². The lowest BCUT2D eigenvalue weighted by atomic mass is 10.0. The van der Waals surface area contributed by atoms with E-state index < -0.39 is 0 Å². The van der Waals surface area contributed by atoms with Crippen molar-refractivity contribution in [1.82, 2.24) is 9.97 Å². The minimum Gasteiger partial charge on any atom is -0.491 e. The lowest BCUT2D eigenvalue weighted by Crippen LogP contribution is -2.35. The van der Waals surface area contributed by atoms with Crippen LogP contribution in [0.2, 0.25) is 0 Å². The van der Waals surface area contributed by atoms with Gasteiger partial charge < -0.3 is 14.5 Å². The molecule has 6 heteroatoms. The van der Waals surface area contributed by atoms with Crippen molar-refractivity contribution in [2.75, 3.05) is 11.5 Å². The molecule has 2 aromatic carbocycles. The van der Waals surface area contributed by atoms with E-state index >= 15 is 0 Å². The molecule has 1 atom stereocenters. The molecule has 4 rings (SSSR count). The molecular formula is C20H21N3O3. The molecule has 0 bridgehead atoms. The number of H-pyrrole nitrogens is 1.